The number of aryl methyl sites for hydroxylation is 2. The summed E-state index contributed by atoms with van der Waals surface area (Å²) in [7, 11) is 0. The first-order chi connectivity index (χ1) is 10.1. The van der Waals surface area contributed by atoms with Gasteiger partial charge in [-0.1, -0.05) is 51.5 Å². The van der Waals surface area contributed by atoms with E-state index in [2.05, 4.69) is 49.6 Å². The fourth-order valence-electron chi connectivity index (χ4n) is 2.51. The highest BCUT2D eigenvalue weighted by Gasteiger charge is 1.99. The maximum Gasteiger partial charge on any atom is 0.170 e. The average Bonchev–Trinajstić information content (AvgIpc) is 2.40. The predicted octanol–water partition coefficient (Wildman–Crippen LogP) is 5.34. The molecule has 2 N–H and O–H groups in total. The van der Waals surface area contributed by atoms with E-state index in [4.69, 9.17) is 12.2 Å². The maximum absolute atomic E-state index is 5.34. The number of anilines is 1. The smallest absolute Gasteiger partial charge is 0.170 e. The topological polar surface area (TPSA) is 24.1 Å². The van der Waals surface area contributed by atoms with E-state index in [9.17, 15) is 0 Å². The van der Waals surface area contributed by atoms with E-state index in [-0.39, 0.29) is 0 Å². The van der Waals surface area contributed by atoms with Crippen molar-refractivity contribution in [3.05, 3.63) is 29.3 Å². The van der Waals surface area contributed by atoms with Crippen LogP contribution in [0.1, 0.15) is 63.0 Å². The lowest BCUT2D eigenvalue weighted by molar-refractivity contribution is 0.586. The maximum atomic E-state index is 5.34. The third-order valence-corrected chi connectivity index (χ3v) is 3.79. The Balaban J connectivity index is 2.11. The van der Waals surface area contributed by atoms with Crippen LogP contribution < -0.4 is 10.6 Å². The lowest BCUT2D eigenvalue weighted by Gasteiger charge is -2.11. The van der Waals surface area contributed by atoms with Crippen molar-refractivity contribution in [2.75, 3.05) is 11.9 Å². The summed E-state index contributed by atoms with van der Waals surface area (Å²) in [5.41, 5.74) is 3.59. The molecular formula is C18H30N2S. The third kappa shape index (κ3) is 8.71. The van der Waals surface area contributed by atoms with Crippen LogP contribution in [-0.2, 0) is 0 Å². The number of unbranched alkanes of at least 4 members (excludes halogenated alkanes) is 6. The number of hydrogen-bond acceptors (Lipinski definition) is 1. The van der Waals surface area contributed by atoms with E-state index >= 15 is 0 Å². The molecule has 0 saturated carbocycles. The Morgan fingerprint density at radius 2 is 1.48 bits per heavy atom. The van der Waals surface area contributed by atoms with E-state index in [1.165, 1.54) is 56.1 Å². The lowest BCUT2D eigenvalue weighted by atomic mass is 10.1. The van der Waals surface area contributed by atoms with E-state index in [0.717, 1.165) is 17.3 Å². The summed E-state index contributed by atoms with van der Waals surface area (Å²) in [4.78, 5) is 0. The van der Waals surface area contributed by atoms with Crippen LogP contribution in [0.4, 0.5) is 5.69 Å². The molecule has 1 rings (SSSR count). The summed E-state index contributed by atoms with van der Waals surface area (Å²) < 4.78 is 0. The van der Waals surface area contributed by atoms with Crippen LogP contribution >= 0.6 is 12.2 Å². The number of thiocarbonyl (C=S) groups is 1. The van der Waals surface area contributed by atoms with Crippen LogP contribution in [0.3, 0.4) is 0 Å². The Morgan fingerprint density at radius 3 is 2.10 bits per heavy atom. The second kappa shape index (κ2) is 10.6. The van der Waals surface area contributed by atoms with Gasteiger partial charge in [0.15, 0.2) is 5.11 Å². The van der Waals surface area contributed by atoms with Gasteiger partial charge in [0, 0.05) is 12.2 Å². The molecule has 0 amide bonds. The van der Waals surface area contributed by atoms with E-state index in [0.29, 0.717) is 0 Å². The molecule has 0 heterocycles. The molecule has 1 aromatic rings. The van der Waals surface area contributed by atoms with Gasteiger partial charge in [-0.15, -0.1) is 0 Å². The van der Waals surface area contributed by atoms with Gasteiger partial charge in [-0.05, 0) is 55.7 Å². The molecule has 0 saturated heterocycles. The van der Waals surface area contributed by atoms with Gasteiger partial charge in [-0.25, -0.2) is 0 Å². The van der Waals surface area contributed by atoms with Crippen molar-refractivity contribution < 1.29 is 0 Å². The molecule has 1 aromatic carbocycles. The molecule has 118 valence electrons. The summed E-state index contributed by atoms with van der Waals surface area (Å²) in [6, 6.07) is 6.41. The minimum Gasteiger partial charge on any atom is -0.362 e. The normalized spacial score (nSPS) is 10.4. The van der Waals surface area contributed by atoms with Crippen LogP contribution in [0, 0.1) is 13.8 Å². The van der Waals surface area contributed by atoms with Gasteiger partial charge in [0.1, 0.15) is 0 Å². The molecule has 0 radical (unpaired) electrons. The van der Waals surface area contributed by atoms with Crippen molar-refractivity contribution in [2.45, 2.75) is 65.7 Å². The molecule has 2 nitrogen and oxygen atoms in total. The third-order valence-electron chi connectivity index (χ3n) is 3.55. The van der Waals surface area contributed by atoms with Crippen molar-refractivity contribution in [3.63, 3.8) is 0 Å². The second-order valence-electron chi connectivity index (χ2n) is 5.88. The number of rotatable bonds is 9. The molecule has 0 aliphatic rings. The van der Waals surface area contributed by atoms with Crippen LogP contribution in [0.25, 0.3) is 0 Å². The zero-order valence-corrected chi connectivity index (χ0v) is 14.6. The van der Waals surface area contributed by atoms with Gasteiger partial charge in [0.25, 0.3) is 0 Å². The molecule has 0 aromatic heterocycles. The molecule has 0 bridgehead atoms. The molecule has 21 heavy (non-hydrogen) atoms. The minimum atomic E-state index is 0.728. The van der Waals surface area contributed by atoms with Gasteiger partial charge in [-0.2, -0.15) is 0 Å². The van der Waals surface area contributed by atoms with Crippen molar-refractivity contribution in [3.8, 4) is 0 Å². The van der Waals surface area contributed by atoms with Crippen LogP contribution in [0.2, 0.25) is 0 Å². The summed E-state index contributed by atoms with van der Waals surface area (Å²) in [5, 5.41) is 7.28. The highest BCUT2D eigenvalue weighted by atomic mass is 32.1. The highest BCUT2D eigenvalue weighted by Crippen LogP contribution is 2.13. The Kier molecular flexibility index (Phi) is 9.07. The largest absolute Gasteiger partial charge is 0.362 e. The minimum absolute atomic E-state index is 0.728. The Hall–Kier alpha value is -1.09. The van der Waals surface area contributed by atoms with Gasteiger partial charge >= 0.3 is 0 Å². The first-order valence-electron chi connectivity index (χ1n) is 8.25. The molecule has 0 aliphatic carbocycles. The Bertz CT molecular complexity index is 409. The van der Waals surface area contributed by atoms with Crippen molar-refractivity contribution in [1.29, 1.82) is 0 Å². The van der Waals surface area contributed by atoms with E-state index < -0.39 is 0 Å². The van der Waals surface area contributed by atoms with Crippen molar-refractivity contribution >= 4 is 23.0 Å². The standard InChI is InChI=1S/C18H30N2S/c1-4-5-6-7-8-9-10-11-19-18(21)20-17-13-15(2)12-16(3)14-17/h12-14H,4-11H2,1-3H3,(H2,19,20,21). The number of hydrogen-bond donors (Lipinski definition) is 2. The van der Waals surface area contributed by atoms with E-state index in [1.807, 2.05) is 0 Å². The zero-order valence-electron chi connectivity index (χ0n) is 13.8. The van der Waals surface area contributed by atoms with Crippen molar-refractivity contribution in [1.82, 2.24) is 5.32 Å². The number of benzene rings is 1. The fourth-order valence-corrected chi connectivity index (χ4v) is 2.73. The summed E-state index contributed by atoms with van der Waals surface area (Å²) in [5.74, 6) is 0. The highest BCUT2D eigenvalue weighted by molar-refractivity contribution is 7.80. The van der Waals surface area contributed by atoms with Gasteiger partial charge in [0.2, 0.25) is 0 Å². The zero-order chi connectivity index (χ0) is 15.5. The van der Waals surface area contributed by atoms with Gasteiger partial charge in [0.05, 0.1) is 0 Å². The molecule has 0 atom stereocenters. The van der Waals surface area contributed by atoms with Gasteiger partial charge in [-0.3, -0.25) is 0 Å². The Morgan fingerprint density at radius 1 is 0.905 bits per heavy atom. The monoisotopic (exact) mass is 306 g/mol. The quantitative estimate of drug-likeness (QED) is 0.475. The predicted molar refractivity (Wildman–Crippen MR) is 98.1 cm³/mol. The van der Waals surface area contributed by atoms with Gasteiger partial charge < -0.3 is 10.6 Å². The van der Waals surface area contributed by atoms with Crippen LogP contribution in [0.5, 0.6) is 0 Å². The summed E-state index contributed by atoms with van der Waals surface area (Å²) >= 11 is 5.34. The SMILES string of the molecule is CCCCCCCCCNC(=S)Nc1cc(C)cc(C)c1. The number of nitrogens with one attached hydrogen (secondary N) is 2. The lowest BCUT2D eigenvalue weighted by Crippen LogP contribution is -2.29. The van der Waals surface area contributed by atoms with Crippen LogP contribution in [0.15, 0.2) is 18.2 Å². The summed E-state index contributed by atoms with van der Waals surface area (Å²) in [6.07, 6.45) is 9.29. The Labute approximate surface area is 135 Å². The summed E-state index contributed by atoms with van der Waals surface area (Å²) in [6.45, 7) is 7.43. The molecular weight excluding hydrogens is 276 g/mol. The molecule has 0 fully saturated rings. The van der Waals surface area contributed by atoms with Crippen LogP contribution in [-0.4, -0.2) is 11.7 Å². The van der Waals surface area contributed by atoms with Crippen molar-refractivity contribution in [2.24, 2.45) is 0 Å². The molecule has 3 heteroatoms. The fraction of sp³-hybridized carbons (Fsp3) is 0.611. The van der Waals surface area contributed by atoms with E-state index in [1.54, 1.807) is 0 Å². The molecule has 0 aliphatic heterocycles. The average molecular weight is 307 g/mol. The molecule has 0 unspecified atom stereocenters. The first kappa shape index (κ1) is 18.0. The molecule has 0 spiro atoms. The second-order valence-corrected chi connectivity index (χ2v) is 6.29. The first-order valence-corrected chi connectivity index (χ1v) is 8.66.